The van der Waals surface area contributed by atoms with Crippen LogP contribution in [0.3, 0.4) is 0 Å². The Morgan fingerprint density at radius 3 is 2.52 bits per heavy atom. The predicted molar refractivity (Wildman–Crippen MR) is 84.5 cm³/mol. The summed E-state index contributed by atoms with van der Waals surface area (Å²) < 4.78 is 5.84. The van der Waals surface area contributed by atoms with Crippen molar-refractivity contribution in [1.82, 2.24) is 4.90 Å². The van der Waals surface area contributed by atoms with E-state index in [4.69, 9.17) is 4.42 Å². The molecule has 0 bridgehead atoms. The Balaban J connectivity index is 1.94. The molecule has 0 atom stereocenters. The molecule has 0 spiro atoms. The summed E-state index contributed by atoms with van der Waals surface area (Å²) in [6.45, 7) is 0.709. The minimum atomic E-state index is 0.323. The largest absolute Gasteiger partial charge is 0.507 e. The van der Waals surface area contributed by atoms with Gasteiger partial charge >= 0.3 is 0 Å². The fraction of sp³-hybridized carbons (Fsp3) is 0.222. The standard InChI is InChI=1S/C18H19NO2/c1-19(2)12-14-8-9-17-16(18(14)20)11-15(21-17)10-13-6-4-3-5-7-13/h3-9,11,20H,10,12H2,1-2H3. The van der Waals surface area contributed by atoms with Gasteiger partial charge in [-0.2, -0.15) is 0 Å². The summed E-state index contributed by atoms with van der Waals surface area (Å²) in [5, 5.41) is 11.2. The van der Waals surface area contributed by atoms with Crippen molar-refractivity contribution < 1.29 is 9.52 Å². The Kier molecular flexibility index (Phi) is 3.67. The first-order valence-corrected chi connectivity index (χ1v) is 7.05. The maximum Gasteiger partial charge on any atom is 0.138 e. The first-order chi connectivity index (χ1) is 10.1. The van der Waals surface area contributed by atoms with Gasteiger partial charge in [-0.1, -0.05) is 36.4 Å². The molecule has 108 valence electrons. The average Bonchev–Trinajstić information content (AvgIpc) is 2.86. The van der Waals surface area contributed by atoms with Crippen LogP contribution in [0.4, 0.5) is 0 Å². The maximum absolute atomic E-state index is 10.4. The van der Waals surface area contributed by atoms with E-state index in [0.29, 0.717) is 12.3 Å². The fourth-order valence-corrected chi connectivity index (χ4v) is 2.55. The smallest absolute Gasteiger partial charge is 0.138 e. The number of rotatable bonds is 4. The van der Waals surface area contributed by atoms with Gasteiger partial charge in [0.1, 0.15) is 17.1 Å². The molecule has 0 fully saturated rings. The van der Waals surface area contributed by atoms with Crippen molar-refractivity contribution in [2.45, 2.75) is 13.0 Å². The van der Waals surface area contributed by atoms with Crippen molar-refractivity contribution in [2.24, 2.45) is 0 Å². The van der Waals surface area contributed by atoms with Gasteiger partial charge in [0.25, 0.3) is 0 Å². The molecule has 3 rings (SSSR count). The van der Waals surface area contributed by atoms with Gasteiger partial charge in [-0.25, -0.2) is 0 Å². The summed E-state index contributed by atoms with van der Waals surface area (Å²) in [5.41, 5.74) is 2.85. The van der Waals surface area contributed by atoms with E-state index in [1.165, 1.54) is 5.56 Å². The van der Waals surface area contributed by atoms with Crippen molar-refractivity contribution >= 4 is 11.0 Å². The quantitative estimate of drug-likeness (QED) is 0.790. The molecule has 0 radical (unpaired) electrons. The Labute approximate surface area is 124 Å². The van der Waals surface area contributed by atoms with Crippen molar-refractivity contribution in [2.75, 3.05) is 14.1 Å². The van der Waals surface area contributed by atoms with E-state index in [-0.39, 0.29) is 0 Å². The molecule has 0 unspecified atom stereocenters. The van der Waals surface area contributed by atoms with Crippen LogP contribution in [0.1, 0.15) is 16.9 Å². The number of phenolic OH excluding ortho intramolecular Hbond substituents is 1. The molecule has 1 aromatic heterocycles. The van der Waals surface area contributed by atoms with Crippen LogP contribution in [0.25, 0.3) is 11.0 Å². The van der Waals surface area contributed by atoms with Crippen LogP contribution in [0.15, 0.2) is 52.9 Å². The van der Waals surface area contributed by atoms with Gasteiger partial charge in [0.15, 0.2) is 0 Å². The number of aromatic hydroxyl groups is 1. The van der Waals surface area contributed by atoms with Crippen LogP contribution in [-0.4, -0.2) is 24.1 Å². The highest BCUT2D eigenvalue weighted by atomic mass is 16.3. The maximum atomic E-state index is 10.4. The fourth-order valence-electron chi connectivity index (χ4n) is 2.55. The molecule has 0 saturated heterocycles. The second kappa shape index (κ2) is 5.62. The van der Waals surface area contributed by atoms with Crippen LogP contribution in [0.5, 0.6) is 5.75 Å². The van der Waals surface area contributed by atoms with E-state index in [2.05, 4.69) is 12.1 Å². The monoisotopic (exact) mass is 281 g/mol. The topological polar surface area (TPSA) is 36.6 Å². The minimum absolute atomic E-state index is 0.323. The summed E-state index contributed by atoms with van der Waals surface area (Å²) in [4.78, 5) is 2.03. The van der Waals surface area contributed by atoms with Crippen LogP contribution >= 0.6 is 0 Å². The minimum Gasteiger partial charge on any atom is -0.507 e. The number of hydrogen-bond donors (Lipinski definition) is 1. The number of phenols is 1. The molecule has 0 aliphatic carbocycles. The molecule has 0 aliphatic rings. The van der Waals surface area contributed by atoms with Gasteiger partial charge < -0.3 is 14.4 Å². The molecule has 1 N–H and O–H groups in total. The zero-order valence-corrected chi connectivity index (χ0v) is 12.3. The van der Waals surface area contributed by atoms with Crippen molar-refractivity contribution in [3.63, 3.8) is 0 Å². The van der Waals surface area contributed by atoms with Crippen molar-refractivity contribution in [3.05, 3.63) is 65.4 Å². The third-order valence-corrected chi connectivity index (χ3v) is 3.51. The summed E-state index contributed by atoms with van der Waals surface area (Å²) in [5.74, 6) is 1.19. The number of hydrogen-bond acceptors (Lipinski definition) is 3. The third kappa shape index (κ3) is 2.93. The second-order valence-electron chi connectivity index (χ2n) is 5.60. The Morgan fingerprint density at radius 1 is 1.05 bits per heavy atom. The summed E-state index contributed by atoms with van der Waals surface area (Å²) in [7, 11) is 3.97. The van der Waals surface area contributed by atoms with Crippen molar-refractivity contribution in [1.29, 1.82) is 0 Å². The van der Waals surface area contributed by atoms with Gasteiger partial charge in [0.05, 0.1) is 5.39 Å². The molecule has 3 nitrogen and oxygen atoms in total. The lowest BCUT2D eigenvalue weighted by atomic mass is 10.1. The number of nitrogens with zero attached hydrogens (tertiary/aromatic N) is 1. The highest BCUT2D eigenvalue weighted by Gasteiger charge is 2.12. The van der Waals surface area contributed by atoms with Crippen LogP contribution in [-0.2, 0) is 13.0 Å². The summed E-state index contributed by atoms with van der Waals surface area (Å²) in [6.07, 6.45) is 0.734. The molecule has 3 aromatic rings. The first-order valence-electron chi connectivity index (χ1n) is 7.05. The van der Waals surface area contributed by atoms with Crippen LogP contribution < -0.4 is 0 Å². The molecule has 0 amide bonds. The molecule has 1 heterocycles. The highest BCUT2D eigenvalue weighted by molar-refractivity contribution is 5.85. The highest BCUT2D eigenvalue weighted by Crippen LogP contribution is 2.32. The van der Waals surface area contributed by atoms with Crippen LogP contribution in [0, 0.1) is 0 Å². The lowest BCUT2D eigenvalue weighted by Crippen LogP contribution is -2.10. The summed E-state index contributed by atoms with van der Waals surface area (Å²) >= 11 is 0. The van der Waals surface area contributed by atoms with E-state index < -0.39 is 0 Å². The summed E-state index contributed by atoms with van der Waals surface area (Å²) in [6, 6.07) is 16.0. The molecular weight excluding hydrogens is 262 g/mol. The lowest BCUT2D eigenvalue weighted by Gasteiger charge is -2.11. The predicted octanol–water partition coefficient (Wildman–Crippen LogP) is 3.79. The normalized spacial score (nSPS) is 11.4. The van der Waals surface area contributed by atoms with Gasteiger partial charge in [0, 0.05) is 18.5 Å². The van der Waals surface area contributed by atoms with E-state index >= 15 is 0 Å². The Morgan fingerprint density at radius 2 is 1.81 bits per heavy atom. The van der Waals surface area contributed by atoms with E-state index in [0.717, 1.165) is 28.7 Å². The lowest BCUT2D eigenvalue weighted by molar-refractivity contribution is 0.387. The zero-order chi connectivity index (χ0) is 14.8. The van der Waals surface area contributed by atoms with E-state index in [1.807, 2.05) is 55.4 Å². The zero-order valence-electron chi connectivity index (χ0n) is 12.3. The number of furan rings is 1. The van der Waals surface area contributed by atoms with Gasteiger partial charge in [0.2, 0.25) is 0 Å². The Hall–Kier alpha value is -2.26. The number of benzene rings is 2. The molecule has 0 saturated carbocycles. The molecule has 21 heavy (non-hydrogen) atoms. The van der Waals surface area contributed by atoms with Crippen LogP contribution in [0.2, 0.25) is 0 Å². The molecule has 3 heteroatoms. The van der Waals surface area contributed by atoms with E-state index in [9.17, 15) is 5.11 Å². The Bertz CT molecular complexity index is 745. The average molecular weight is 281 g/mol. The van der Waals surface area contributed by atoms with Crippen molar-refractivity contribution in [3.8, 4) is 5.75 Å². The third-order valence-electron chi connectivity index (χ3n) is 3.51. The SMILES string of the molecule is CN(C)Cc1ccc2oc(Cc3ccccc3)cc2c1O. The first kappa shape index (κ1) is 13.7. The number of fused-ring (bicyclic) bond motifs is 1. The molecule has 0 aliphatic heterocycles. The second-order valence-corrected chi connectivity index (χ2v) is 5.60. The van der Waals surface area contributed by atoms with Gasteiger partial charge in [-0.3, -0.25) is 0 Å². The van der Waals surface area contributed by atoms with E-state index in [1.54, 1.807) is 0 Å². The van der Waals surface area contributed by atoms with Gasteiger partial charge in [-0.05, 0) is 31.8 Å². The molecule has 2 aromatic carbocycles. The van der Waals surface area contributed by atoms with Gasteiger partial charge in [-0.15, -0.1) is 0 Å². The molecular formula is C18H19NO2.